The van der Waals surface area contributed by atoms with Crippen molar-refractivity contribution >= 4 is 19.4 Å². The molecule has 174 valence electrons. The quantitative estimate of drug-likeness (QED) is 0.423. The smallest absolute Gasteiger partial charge is 0.404 e. The first-order valence-electron chi connectivity index (χ1n) is 9.92. The number of aliphatic hydroxyl groups is 3. The normalized spacial score (nSPS) is 33.2. The molecule has 4 rings (SSSR count). The highest BCUT2D eigenvalue weighted by molar-refractivity contribution is 7.49. The van der Waals surface area contributed by atoms with Gasteiger partial charge in [0, 0.05) is 16.8 Å². The summed E-state index contributed by atoms with van der Waals surface area (Å²) in [7, 11) is -4.82. The lowest BCUT2D eigenvalue weighted by molar-refractivity contribution is -0.205. The number of nitrogens with one attached hydrogen (secondary N) is 1. The third-order valence-electron chi connectivity index (χ3n) is 4.68. The molecule has 0 radical (unpaired) electrons. The van der Waals surface area contributed by atoms with Crippen molar-refractivity contribution in [3.8, 4) is 5.75 Å². The number of phosphoric acid groups is 1. The van der Waals surface area contributed by atoms with Crippen LogP contribution in [-0.4, -0.2) is 49.5 Å². The lowest BCUT2D eigenvalue weighted by Crippen LogP contribution is -2.43. The van der Waals surface area contributed by atoms with Crippen LogP contribution in [0.3, 0.4) is 0 Å². The number of hydrogen-bond donors (Lipinski definition) is 4. The third kappa shape index (κ3) is 4.14. The Labute approximate surface area is 186 Å². The van der Waals surface area contributed by atoms with Crippen LogP contribution < -0.4 is 15.8 Å². The maximum absolute atomic E-state index is 15.7. The van der Waals surface area contributed by atoms with Crippen LogP contribution in [-0.2, 0) is 31.6 Å². The SMILES string of the molecule is [2H]C([2H])(OP1(=O)OCc2cc(Cl)ccc2O1)[C@@]1(F)O[C@@H](n2cc(CO)c(=O)[nH]c2=O)[C@H](O)[C@@H]1O. The van der Waals surface area contributed by atoms with Crippen LogP contribution in [0.1, 0.15) is 20.1 Å². The van der Waals surface area contributed by atoms with Gasteiger partial charge in [0.05, 0.1) is 21.5 Å². The summed E-state index contributed by atoms with van der Waals surface area (Å²) in [5.74, 6) is -3.94. The molecule has 0 aliphatic carbocycles. The van der Waals surface area contributed by atoms with E-state index in [0.29, 0.717) is 15.2 Å². The molecule has 0 bridgehead atoms. The van der Waals surface area contributed by atoms with Gasteiger partial charge in [-0.3, -0.25) is 23.4 Å². The maximum atomic E-state index is 15.7. The number of fused-ring (bicyclic) bond motifs is 1. The van der Waals surface area contributed by atoms with Gasteiger partial charge in [0.1, 0.15) is 24.5 Å². The van der Waals surface area contributed by atoms with Gasteiger partial charge < -0.3 is 24.6 Å². The average molecular weight is 497 g/mol. The summed E-state index contributed by atoms with van der Waals surface area (Å²) < 4.78 is 64.6. The van der Waals surface area contributed by atoms with Gasteiger partial charge in [-0.15, -0.1) is 0 Å². The van der Waals surface area contributed by atoms with Crippen molar-refractivity contribution < 1.29 is 45.3 Å². The van der Waals surface area contributed by atoms with Crippen molar-refractivity contribution in [2.24, 2.45) is 0 Å². The maximum Gasteiger partial charge on any atom is 0.530 e. The molecule has 4 N–H and O–H groups in total. The van der Waals surface area contributed by atoms with Crippen molar-refractivity contribution in [2.45, 2.75) is 37.5 Å². The van der Waals surface area contributed by atoms with Gasteiger partial charge in [0.15, 0.2) is 6.23 Å². The van der Waals surface area contributed by atoms with Gasteiger partial charge in [0.2, 0.25) is 0 Å². The zero-order valence-electron chi connectivity index (χ0n) is 17.8. The van der Waals surface area contributed by atoms with Crippen LogP contribution in [0.2, 0.25) is 5.02 Å². The highest BCUT2D eigenvalue weighted by Gasteiger charge is 2.57. The summed E-state index contributed by atoms with van der Waals surface area (Å²) in [4.78, 5) is 25.6. The monoisotopic (exact) mass is 496 g/mol. The van der Waals surface area contributed by atoms with Crippen LogP contribution in [0.4, 0.5) is 4.39 Å². The summed E-state index contributed by atoms with van der Waals surface area (Å²) in [6.45, 7) is -5.00. The van der Waals surface area contributed by atoms with Crippen molar-refractivity contribution in [1.29, 1.82) is 0 Å². The predicted molar refractivity (Wildman–Crippen MR) is 104 cm³/mol. The van der Waals surface area contributed by atoms with Crippen molar-refractivity contribution in [2.75, 3.05) is 6.56 Å². The second kappa shape index (κ2) is 8.36. The van der Waals surface area contributed by atoms with E-state index in [0.717, 1.165) is 6.20 Å². The van der Waals surface area contributed by atoms with Gasteiger partial charge in [-0.1, -0.05) is 11.6 Å². The van der Waals surface area contributed by atoms with E-state index < -0.39 is 63.1 Å². The van der Waals surface area contributed by atoms with E-state index in [9.17, 15) is 29.5 Å². The van der Waals surface area contributed by atoms with Gasteiger partial charge in [-0.2, -0.15) is 0 Å². The van der Waals surface area contributed by atoms with Crippen LogP contribution >= 0.6 is 19.4 Å². The van der Waals surface area contributed by atoms with E-state index in [1.165, 1.54) is 18.2 Å². The lowest BCUT2D eigenvalue weighted by Gasteiger charge is -2.28. The van der Waals surface area contributed by atoms with Gasteiger partial charge in [0.25, 0.3) is 11.4 Å². The van der Waals surface area contributed by atoms with Crippen molar-refractivity contribution in [3.05, 3.63) is 61.4 Å². The fourth-order valence-electron chi connectivity index (χ4n) is 3.03. The van der Waals surface area contributed by atoms with Crippen LogP contribution in [0, 0.1) is 0 Å². The fourth-order valence-corrected chi connectivity index (χ4v) is 4.32. The molecular formula is C17H17ClFN2O10P. The minimum atomic E-state index is -4.82. The van der Waals surface area contributed by atoms with E-state index >= 15 is 4.39 Å². The Morgan fingerprint density at radius 3 is 2.91 bits per heavy atom. The molecule has 5 atom stereocenters. The molecule has 1 fully saturated rings. The summed E-state index contributed by atoms with van der Waals surface area (Å²) >= 11 is 5.84. The molecule has 1 aromatic heterocycles. The van der Waals surface area contributed by atoms with E-state index in [1.807, 2.05) is 0 Å². The molecule has 0 saturated carbocycles. The summed E-state index contributed by atoms with van der Waals surface area (Å²) in [6.07, 6.45) is -6.28. The zero-order valence-corrected chi connectivity index (χ0v) is 17.5. The second-order valence-electron chi connectivity index (χ2n) is 6.83. The average Bonchev–Trinajstić information content (AvgIpc) is 2.99. The molecule has 32 heavy (non-hydrogen) atoms. The van der Waals surface area contributed by atoms with E-state index in [1.54, 1.807) is 4.98 Å². The molecule has 12 nitrogen and oxygen atoms in total. The Balaban J connectivity index is 1.63. The van der Waals surface area contributed by atoms with Crippen LogP contribution in [0.15, 0.2) is 34.0 Å². The standard InChI is InChI=1S/C17H17ClFN2O10P/c18-10-1-2-11-8(3-10)6-28-32(27,31-11)29-7-17(19)13(24)12(23)15(30-17)21-4-9(5-22)14(25)20-16(21)26/h1-4,12-13,15,22-24H,5-7H2,(H,20,25,26)/t12-,13+,15-,17-,32?/m1/s1/i7D2. The van der Waals surface area contributed by atoms with E-state index in [-0.39, 0.29) is 11.3 Å². The number of H-pyrrole nitrogens is 1. The highest BCUT2D eigenvalue weighted by Crippen LogP contribution is 2.56. The molecule has 2 aliphatic rings. The molecule has 1 aromatic carbocycles. The highest BCUT2D eigenvalue weighted by atomic mass is 35.5. The number of aromatic nitrogens is 2. The summed E-state index contributed by atoms with van der Waals surface area (Å²) in [5.41, 5.74) is -2.20. The molecule has 2 aromatic rings. The number of aromatic amines is 1. The molecule has 15 heteroatoms. The Bertz CT molecular complexity index is 1290. The molecule has 0 amide bonds. The molecular weight excluding hydrogens is 478 g/mol. The van der Waals surface area contributed by atoms with Gasteiger partial charge >= 0.3 is 13.5 Å². The second-order valence-corrected chi connectivity index (χ2v) is 8.78. The molecule has 0 spiro atoms. The summed E-state index contributed by atoms with van der Waals surface area (Å²) in [6, 6.07) is 4.12. The minimum absolute atomic E-state index is 0.0372. The molecule has 1 unspecified atom stereocenters. The van der Waals surface area contributed by atoms with Crippen molar-refractivity contribution in [1.82, 2.24) is 9.55 Å². The zero-order chi connectivity index (χ0) is 25.1. The Kier molecular flexibility index (Phi) is 5.36. The lowest BCUT2D eigenvalue weighted by atomic mass is 10.1. The first kappa shape index (κ1) is 20.5. The van der Waals surface area contributed by atoms with Crippen molar-refractivity contribution in [3.63, 3.8) is 0 Å². The number of alkyl halides is 1. The van der Waals surface area contributed by atoms with E-state index in [2.05, 4.69) is 0 Å². The number of nitrogens with zero attached hydrogens (tertiary/aromatic N) is 1. The largest absolute Gasteiger partial charge is 0.530 e. The first-order chi connectivity index (χ1) is 15.8. The van der Waals surface area contributed by atoms with Gasteiger partial charge in [-0.05, 0) is 18.2 Å². The molecule has 2 aliphatic heterocycles. The summed E-state index contributed by atoms with van der Waals surface area (Å²) in [5, 5.41) is 30.1. The van der Waals surface area contributed by atoms with Gasteiger partial charge in [-0.25, -0.2) is 13.8 Å². The third-order valence-corrected chi connectivity index (χ3v) is 6.10. The number of phosphoric ester groups is 1. The topological polar surface area (TPSA) is 170 Å². The van der Waals surface area contributed by atoms with Crippen LogP contribution in [0.25, 0.3) is 0 Å². The fraction of sp³-hybridized carbons (Fsp3) is 0.412. The Morgan fingerprint density at radius 2 is 2.19 bits per heavy atom. The number of hydrogen-bond acceptors (Lipinski definition) is 10. The minimum Gasteiger partial charge on any atom is -0.404 e. The number of rotatable bonds is 5. The number of ether oxygens (including phenoxy) is 1. The predicted octanol–water partition coefficient (Wildman–Crippen LogP) is 0.333. The number of aliphatic hydroxyl groups excluding tert-OH is 3. The Morgan fingerprint density at radius 1 is 1.44 bits per heavy atom. The molecule has 1 saturated heterocycles. The first-order valence-corrected chi connectivity index (χ1v) is 10.8. The van der Waals surface area contributed by atoms with E-state index in [4.69, 9.17) is 32.7 Å². The number of benzene rings is 1. The number of halogens is 2. The Hall–Kier alpha value is -2.09. The molecule has 3 heterocycles. The van der Waals surface area contributed by atoms with Crippen LogP contribution in [0.5, 0.6) is 5.75 Å².